The van der Waals surface area contributed by atoms with Crippen LogP contribution in [0.4, 0.5) is 0 Å². The Hall–Kier alpha value is -0.870. The van der Waals surface area contributed by atoms with Crippen molar-refractivity contribution in [1.29, 1.82) is 0 Å². The lowest BCUT2D eigenvalue weighted by atomic mass is 10.2. The summed E-state index contributed by atoms with van der Waals surface area (Å²) in [6.07, 6.45) is 0. The van der Waals surface area contributed by atoms with Crippen molar-refractivity contribution < 1.29 is 16.7 Å². The van der Waals surface area contributed by atoms with E-state index >= 15 is 0 Å². The lowest BCUT2D eigenvalue weighted by molar-refractivity contribution is 0.398. The molecule has 4 heteroatoms. The normalized spacial score (nSPS) is 15.0. The molecular formula is C8H10O3S. The molecule has 0 N–H and O–H groups in total. The number of hydrogen-bond donors (Lipinski definition) is 0. The van der Waals surface area contributed by atoms with Crippen LogP contribution < -0.4 is 0 Å². The highest BCUT2D eigenvalue weighted by atomic mass is 32.2. The highest BCUT2D eigenvalue weighted by molar-refractivity contribution is 7.86. The zero-order valence-corrected chi connectivity index (χ0v) is 7.53. The Balaban J connectivity index is 3.60. The van der Waals surface area contributed by atoms with Gasteiger partial charge >= 0.3 is 0 Å². The zero-order chi connectivity index (χ0) is 11.8. The largest absolute Gasteiger partial charge is 0.296 e. The van der Waals surface area contributed by atoms with Gasteiger partial charge in [-0.1, -0.05) is 17.6 Å². The fourth-order valence-electron chi connectivity index (χ4n) is 0.626. The number of rotatable bonds is 2. The molecule has 1 rings (SSSR count). The molecule has 3 nitrogen and oxygen atoms in total. The van der Waals surface area contributed by atoms with Crippen LogP contribution in [0.5, 0.6) is 0 Å². The van der Waals surface area contributed by atoms with Crippen molar-refractivity contribution in [3.63, 3.8) is 0 Å². The standard InChI is InChI=1S/C8H10O3S/c1-7-3-5-8(6-4-7)12(9,10)11-2/h3-6H,1-2H3/i3D,4D,5D. The minimum atomic E-state index is -4.02. The van der Waals surface area contributed by atoms with Crippen molar-refractivity contribution in [2.45, 2.75) is 11.8 Å². The zero-order valence-electron chi connectivity index (χ0n) is 9.71. The second-order valence-electron chi connectivity index (χ2n) is 2.15. The molecule has 1 aromatic carbocycles. The highest BCUT2D eigenvalue weighted by Crippen LogP contribution is 2.11. The van der Waals surface area contributed by atoms with Crippen molar-refractivity contribution in [1.82, 2.24) is 0 Å². The van der Waals surface area contributed by atoms with Crippen molar-refractivity contribution in [2.24, 2.45) is 0 Å². The summed E-state index contributed by atoms with van der Waals surface area (Å²) in [7, 11) is -3.04. The van der Waals surface area contributed by atoms with Crippen LogP contribution >= 0.6 is 0 Å². The van der Waals surface area contributed by atoms with Crippen molar-refractivity contribution >= 4 is 10.1 Å². The summed E-state index contributed by atoms with van der Waals surface area (Å²) >= 11 is 0. The average Bonchev–Trinajstić information content (AvgIpc) is 2.20. The van der Waals surface area contributed by atoms with Crippen molar-refractivity contribution in [2.75, 3.05) is 7.11 Å². The second kappa shape index (κ2) is 3.25. The predicted molar refractivity (Wildman–Crippen MR) is 45.4 cm³/mol. The van der Waals surface area contributed by atoms with E-state index in [0.717, 1.165) is 13.2 Å². The van der Waals surface area contributed by atoms with E-state index in [1.54, 1.807) is 0 Å². The third kappa shape index (κ3) is 1.84. The van der Waals surface area contributed by atoms with Crippen LogP contribution in [0.2, 0.25) is 0 Å². The quantitative estimate of drug-likeness (QED) is 0.659. The van der Waals surface area contributed by atoms with Crippen LogP contribution in [0, 0.1) is 6.92 Å². The first-order valence-electron chi connectivity index (χ1n) is 4.69. The van der Waals surface area contributed by atoms with Crippen LogP contribution in [0.1, 0.15) is 9.68 Å². The van der Waals surface area contributed by atoms with Crippen molar-refractivity contribution in [3.05, 3.63) is 29.8 Å². The van der Waals surface area contributed by atoms with Crippen molar-refractivity contribution in [3.8, 4) is 0 Å². The summed E-state index contributed by atoms with van der Waals surface area (Å²) in [4.78, 5) is -0.439. The van der Waals surface area contributed by atoms with Gasteiger partial charge < -0.3 is 0 Å². The molecule has 0 heterocycles. The lowest BCUT2D eigenvalue weighted by Gasteiger charge is -2.00. The van der Waals surface area contributed by atoms with E-state index in [0.29, 0.717) is 0 Å². The molecule has 0 amide bonds. The van der Waals surface area contributed by atoms with Gasteiger partial charge in [-0.3, -0.25) is 4.18 Å². The van der Waals surface area contributed by atoms with Crippen LogP contribution in [-0.4, -0.2) is 15.5 Å². The molecule has 0 saturated carbocycles. The van der Waals surface area contributed by atoms with Gasteiger partial charge in [-0.25, -0.2) is 0 Å². The van der Waals surface area contributed by atoms with E-state index < -0.39 is 21.1 Å². The van der Waals surface area contributed by atoms with Gasteiger partial charge in [-0.15, -0.1) is 0 Å². The number of benzene rings is 1. The maximum atomic E-state index is 11.3. The van der Waals surface area contributed by atoms with Gasteiger partial charge in [0.2, 0.25) is 0 Å². The molecule has 0 fully saturated rings. The Kier molecular flexibility index (Phi) is 1.55. The minimum Gasteiger partial charge on any atom is -0.270 e. The molecule has 0 atom stereocenters. The van der Waals surface area contributed by atoms with E-state index in [1.165, 1.54) is 6.92 Å². The Morgan fingerprint density at radius 3 is 2.67 bits per heavy atom. The summed E-state index contributed by atoms with van der Waals surface area (Å²) in [5.41, 5.74) is 0.273. The molecule has 12 heavy (non-hydrogen) atoms. The Labute approximate surface area is 76.3 Å². The van der Waals surface area contributed by atoms with Gasteiger partial charge in [-0.2, -0.15) is 8.42 Å². The average molecular weight is 189 g/mol. The van der Waals surface area contributed by atoms with E-state index in [1.807, 2.05) is 0 Å². The Morgan fingerprint density at radius 2 is 2.08 bits per heavy atom. The smallest absolute Gasteiger partial charge is 0.270 e. The Bertz CT molecular complexity index is 496. The highest BCUT2D eigenvalue weighted by Gasteiger charge is 2.10. The van der Waals surface area contributed by atoms with Crippen LogP contribution in [-0.2, 0) is 14.3 Å². The molecule has 0 bridgehead atoms. The Morgan fingerprint density at radius 1 is 1.42 bits per heavy atom. The summed E-state index contributed by atoms with van der Waals surface area (Å²) in [6, 6.07) is 0.226. The fraction of sp³-hybridized carbons (Fsp3) is 0.250. The maximum Gasteiger partial charge on any atom is 0.296 e. The third-order valence-electron chi connectivity index (χ3n) is 1.28. The van der Waals surface area contributed by atoms with E-state index in [2.05, 4.69) is 4.18 Å². The number of hydrogen-bond acceptors (Lipinski definition) is 3. The van der Waals surface area contributed by atoms with Gasteiger partial charge in [0.15, 0.2) is 0 Å². The minimum absolute atomic E-state index is 0.0911. The van der Waals surface area contributed by atoms with Crippen LogP contribution in [0.3, 0.4) is 0 Å². The molecular weight excluding hydrogens is 176 g/mol. The van der Waals surface area contributed by atoms with Gasteiger partial charge in [0.1, 0.15) is 0 Å². The monoisotopic (exact) mass is 189 g/mol. The summed E-state index contributed by atoms with van der Waals surface area (Å²) in [6.45, 7) is 1.49. The molecule has 0 saturated heterocycles. The molecule has 0 aromatic heterocycles. The summed E-state index contributed by atoms with van der Waals surface area (Å²) in [5, 5.41) is 0. The first-order valence-corrected chi connectivity index (χ1v) is 4.60. The van der Waals surface area contributed by atoms with Crippen LogP contribution in [0.25, 0.3) is 0 Å². The first-order chi connectivity index (χ1) is 6.81. The van der Waals surface area contributed by atoms with Gasteiger partial charge in [-0.05, 0) is 19.0 Å². The third-order valence-corrected chi connectivity index (χ3v) is 2.48. The molecule has 1 aromatic rings. The molecule has 0 aliphatic rings. The second-order valence-corrected chi connectivity index (χ2v) is 3.83. The first kappa shape index (κ1) is 5.72. The maximum absolute atomic E-state index is 11.3. The fourth-order valence-corrected chi connectivity index (χ4v) is 1.18. The summed E-state index contributed by atoms with van der Waals surface area (Å²) in [5.74, 6) is 0. The molecule has 66 valence electrons. The predicted octanol–water partition coefficient (Wildman–Crippen LogP) is 1.33. The van der Waals surface area contributed by atoms with E-state index in [9.17, 15) is 8.42 Å². The molecule has 0 unspecified atom stereocenters. The molecule has 0 radical (unpaired) electrons. The van der Waals surface area contributed by atoms with Crippen LogP contribution in [0.15, 0.2) is 29.1 Å². The van der Waals surface area contributed by atoms with E-state index in [-0.39, 0.29) is 17.6 Å². The van der Waals surface area contributed by atoms with Gasteiger partial charge in [0, 0.05) is 0 Å². The summed E-state index contributed by atoms with van der Waals surface area (Å²) < 4.78 is 49.2. The topological polar surface area (TPSA) is 43.4 Å². The lowest BCUT2D eigenvalue weighted by Crippen LogP contribution is -2.02. The molecule has 0 aliphatic carbocycles. The SMILES string of the molecule is [2H]c1cc(S(=O)(=O)OC)c([2H])c([2H])c1C. The van der Waals surface area contributed by atoms with Gasteiger partial charge in [0.25, 0.3) is 10.1 Å². The molecule has 0 spiro atoms. The van der Waals surface area contributed by atoms with E-state index in [4.69, 9.17) is 4.11 Å². The van der Waals surface area contributed by atoms with Gasteiger partial charge in [0.05, 0.1) is 16.1 Å². The molecule has 0 aliphatic heterocycles.